The van der Waals surface area contributed by atoms with E-state index in [0.717, 1.165) is 9.80 Å². The lowest BCUT2D eigenvalue weighted by atomic mass is 10.1. The molecule has 2 heterocycles. The number of hydrogen-bond acceptors (Lipinski definition) is 12. The van der Waals surface area contributed by atoms with Crippen molar-refractivity contribution in [3.8, 4) is 0 Å². The van der Waals surface area contributed by atoms with Gasteiger partial charge in [0.1, 0.15) is 11.6 Å². The fourth-order valence-electron chi connectivity index (χ4n) is 4.19. The molecule has 0 saturated heterocycles. The fourth-order valence-corrected chi connectivity index (χ4v) is 4.19. The third-order valence-corrected chi connectivity index (χ3v) is 7.05. The van der Waals surface area contributed by atoms with Gasteiger partial charge in [-0.25, -0.2) is 0 Å². The molecule has 49 heavy (non-hydrogen) atoms. The molecular formula is C33H50N4O12. The lowest BCUT2D eigenvalue weighted by Crippen LogP contribution is -2.32. The van der Waals surface area contributed by atoms with E-state index >= 15 is 0 Å². The first-order valence-electron chi connectivity index (χ1n) is 16.3. The molecule has 0 bridgehead atoms. The van der Waals surface area contributed by atoms with E-state index in [2.05, 4.69) is 10.6 Å². The normalized spacial score (nSPS) is 13.8. The summed E-state index contributed by atoms with van der Waals surface area (Å²) in [5, 5.41) is 5.01. The molecule has 0 spiro atoms. The number of imide groups is 2. The van der Waals surface area contributed by atoms with Crippen molar-refractivity contribution in [2.45, 2.75) is 58.3 Å². The largest absolute Gasteiger partial charge is 0.379 e. The molecule has 16 nitrogen and oxygen atoms in total. The van der Waals surface area contributed by atoms with Crippen LogP contribution in [-0.4, -0.2) is 137 Å². The molecule has 0 unspecified atom stereocenters. The minimum Gasteiger partial charge on any atom is -0.379 e. The molecule has 0 aromatic heterocycles. The van der Waals surface area contributed by atoms with Crippen LogP contribution in [0, 0.1) is 0 Å². The smallest absolute Gasteiger partial charge is 0.256 e. The lowest BCUT2D eigenvalue weighted by Gasteiger charge is -2.13. The maximum absolute atomic E-state index is 11.8. The van der Waals surface area contributed by atoms with Gasteiger partial charge in [-0.05, 0) is 19.8 Å². The first kappa shape index (κ1) is 42.9. The zero-order chi connectivity index (χ0) is 36.4. The van der Waals surface area contributed by atoms with Crippen LogP contribution in [0.3, 0.4) is 0 Å². The predicted molar refractivity (Wildman–Crippen MR) is 175 cm³/mol. The number of ether oxygens (including phenoxy) is 4. The highest BCUT2D eigenvalue weighted by Crippen LogP contribution is 2.12. The van der Waals surface area contributed by atoms with Crippen molar-refractivity contribution in [3.05, 3.63) is 23.8 Å². The van der Waals surface area contributed by atoms with Crippen molar-refractivity contribution in [2.75, 3.05) is 80.0 Å². The number of ketones is 2. The summed E-state index contributed by atoms with van der Waals surface area (Å²) in [7, 11) is 3.15. The molecule has 0 atom stereocenters. The van der Waals surface area contributed by atoms with Gasteiger partial charge < -0.3 is 29.6 Å². The maximum Gasteiger partial charge on any atom is 0.256 e. The van der Waals surface area contributed by atoms with Crippen LogP contribution in [0.2, 0.25) is 0 Å². The summed E-state index contributed by atoms with van der Waals surface area (Å²) in [5.74, 6) is -1.55. The molecule has 6 amide bonds. The first-order valence-corrected chi connectivity index (χ1v) is 16.3. The summed E-state index contributed by atoms with van der Waals surface area (Å²) < 4.78 is 21.1. The number of amides is 6. The predicted octanol–water partition coefficient (Wildman–Crippen LogP) is 0.0303. The van der Waals surface area contributed by atoms with Crippen molar-refractivity contribution >= 4 is 47.0 Å². The SMILES string of the molecule is CNC(=O)CCOCCOCCCC(=O)CCN1C(=O)C=C(C)C1=O.CNC(=O)CCOCCOCCCC(=O)CCN1C(=O)C=CC1=O. The van der Waals surface area contributed by atoms with Crippen LogP contribution in [0.4, 0.5) is 0 Å². The Labute approximate surface area is 286 Å². The number of nitrogens with zero attached hydrogens (tertiary/aromatic N) is 2. The maximum atomic E-state index is 11.8. The van der Waals surface area contributed by atoms with Gasteiger partial charge in [0.25, 0.3) is 23.6 Å². The van der Waals surface area contributed by atoms with Crippen molar-refractivity contribution in [3.63, 3.8) is 0 Å². The summed E-state index contributed by atoms with van der Waals surface area (Å²) in [5.41, 5.74) is 0.406. The van der Waals surface area contributed by atoms with Gasteiger partial charge in [0.05, 0.1) is 39.6 Å². The van der Waals surface area contributed by atoms with Crippen molar-refractivity contribution in [2.24, 2.45) is 0 Å². The minimum atomic E-state index is -0.368. The highest BCUT2D eigenvalue weighted by Gasteiger charge is 2.28. The van der Waals surface area contributed by atoms with Crippen molar-refractivity contribution in [1.29, 1.82) is 0 Å². The van der Waals surface area contributed by atoms with Crippen LogP contribution in [0.15, 0.2) is 23.8 Å². The van der Waals surface area contributed by atoms with Gasteiger partial charge in [-0.15, -0.1) is 0 Å². The van der Waals surface area contributed by atoms with Gasteiger partial charge in [-0.2, -0.15) is 0 Å². The number of hydrogen-bond donors (Lipinski definition) is 2. The van der Waals surface area contributed by atoms with Crippen LogP contribution in [0.25, 0.3) is 0 Å². The molecule has 0 aromatic carbocycles. The van der Waals surface area contributed by atoms with E-state index in [4.69, 9.17) is 18.9 Å². The van der Waals surface area contributed by atoms with E-state index in [-0.39, 0.29) is 72.9 Å². The Morgan fingerprint density at radius 3 is 1.35 bits per heavy atom. The minimum absolute atomic E-state index is 0.00409. The lowest BCUT2D eigenvalue weighted by molar-refractivity contribution is -0.139. The summed E-state index contributed by atoms with van der Waals surface area (Å²) in [6.07, 6.45) is 6.54. The van der Waals surface area contributed by atoms with Gasteiger partial charge >= 0.3 is 0 Å². The highest BCUT2D eigenvalue weighted by atomic mass is 16.5. The Hall–Kier alpha value is -4.12. The number of rotatable bonds is 26. The molecule has 2 aliphatic heterocycles. The van der Waals surface area contributed by atoms with E-state index in [9.17, 15) is 38.4 Å². The molecular weight excluding hydrogens is 644 g/mol. The molecule has 16 heteroatoms. The fraction of sp³-hybridized carbons (Fsp3) is 0.636. The average Bonchev–Trinajstić information content (AvgIpc) is 3.54. The van der Waals surface area contributed by atoms with Gasteiger partial charge in [0.2, 0.25) is 11.8 Å². The molecule has 0 aromatic rings. The molecule has 2 N–H and O–H groups in total. The van der Waals surface area contributed by atoms with E-state index in [0.29, 0.717) is 97.0 Å². The van der Waals surface area contributed by atoms with Crippen LogP contribution in [0.5, 0.6) is 0 Å². The van der Waals surface area contributed by atoms with Crippen molar-refractivity contribution < 1.29 is 57.3 Å². The zero-order valence-corrected chi connectivity index (χ0v) is 28.8. The third kappa shape index (κ3) is 19.5. The number of Topliss-reactive ketones (excluding diaryl/α,β-unsaturated/α-hetero) is 2. The summed E-state index contributed by atoms with van der Waals surface area (Å²) in [4.78, 5) is 93.3. The van der Waals surface area contributed by atoms with Gasteiger partial charge in [0.15, 0.2) is 0 Å². The second-order valence-electron chi connectivity index (χ2n) is 10.9. The molecule has 2 aliphatic rings. The van der Waals surface area contributed by atoms with Gasteiger partial charge in [0, 0.05) is 103 Å². The molecule has 2 rings (SSSR count). The Kier molecular flexibility index (Phi) is 22.6. The summed E-state index contributed by atoms with van der Waals surface area (Å²) >= 11 is 0. The molecule has 274 valence electrons. The standard InChI is InChI=1S/C17H26N2O6.C16H24N2O6/c1-13-12-16(22)19(17(13)23)7-5-14(20)4-3-8-24-10-11-25-9-6-15(21)18-2;1-17-14(20)7-10-24-12-11-23-9-2-3-13(19)6-8-18-15(21)4-5-16(18)22/h12H,3-11H2,1-2H3,(H,18,21);4-5H,2-3,6-12H2,1H3,(H,17,20). The van der Waals surface area contributed by atoms with Gasteiger partial charge in [-0.3, -0.25) is 48.2 Å². The highest BCUT2D eigenvalue weighted by molar-refractivity contribution is 6.16. The molecule has 0 fully saturated rings. The Bertz CT molecular complexity index is 1180. The van der Waals surface area contributed by atoms with Crippen LogP contribution in [0.1, 0.15) is 58.3 Å². The van der Waals surface area contributed by atoms with Gasteiger partial charge in [-0.1, -0.05) is 0 Å². The second-order valence-corrected chi connectivity index (χ2v) is 10.9. The first-order chi connectivity index (χ1) is 23.5. The van der Waals surface area contributed by atoms with Crippen LogP contribution in [-0.2, 0) is 57.3 Å². The van der Waals surface area contributed by atoms with E-state index in [1.165, 1.54) is 18.2 Å². The van der Waals surface area contributed by atoms with E-state index in [1.54, 1.807) is 21.0 Å². The second kappa shape index (κ2) is 25.8. The Morgan fingerprint density at radius 1 is 0.551 bits per heavy atom. The molecule has 0 saturated carbocycles. The summed E-state index contributed by atoms with van der Waals surface area (Å²) in [6, 6.07) is 0. The van der Waals surface area contributed by atoms with Crippen LogP contribution < -0.4 is 10.6 Å². The third-order valence-electron chi connectivity index (χ3n) is 7.05. The monoisotopic (exact) mass is 694 g/mol. The number of carbonyl (C=O) groups is 8. The number of nitrogens with one attached hydrogen (secondary N) is 2. The van der Waals surface area contributed by atoms with E-state index in [1.807, 2.05) is 0 Å². The van der Waals surface area contributed by atoms with Crippen LogP contribution >= 0.6 is 0 Å². The quantitative estimate of drug-likeness (QED) is 0.0910. The summed E-state index contributed by atoms with van der Waals surface area (Å²) in [6.45, 7) is 5.03. The topological polar surface area (TPSA) is 204 Å². The zero-order valence-electron chi connectivity index (χ0n) is 28.8. The molecule has 0 radical (unpaired) electrons. The Morgan fingerprint density at radius 2 is 0.959 bits per heavy atom. The Balaban J connectivity index is 0.000000490. The number of carbonyl (C=O) groups excluding carboxylic acids is 8. The molecule has 0 aliphatic carbocycles. The van der Waals surface area contributed by atoms with Crippen molar-refractivity contribution in [1.82, 2.24) is 20.4 Å². The average molecular weight is 695 g/mol. The van der Waals surface area contributed by atoms with E-state index < -0.39 is 0 Å².